The molecule has 1 fully saturated rings. The van der Waals surface area contributed by atoms with Crippen molar-refractivity contribution in [3.8, 4) is 11.5 Å². The molecule has 1 aromatic rings. The van der Waals surface area contributed by atoms with Gasteiger partial charge in [-0.1, -0.05) is 6.07 Å². The highest BCUT2D eigenvalue weighted by atomic mass is 16.5. The zero-order chi connectivity index (χ0) is 17.4. The fourth-order valence-electron chi connectivity index (χ4n) is 2.89. The van der Waals surface area contributed by atoms with E-state index in [9.17, 15) is 0 Å². The van der Waals surface area contributed by atoms with Crippen LogP contribution in [0.1, 0.15) is 27.7 Å². The van der Waals surface area contributed by atoms with E-state index in [1.54, 1.807) is 0 Å². The lowest BCUT2D eigenvalue weighted by Gasteiger charge is -2.35. The molecule has 136 valence electrons. The third kappa shape index (κ3) is 7.07. The van der Waals surface area contributed by atoms with E-state index in [-0.39, 0.29) is 6.10 Å². The molecule has 0 aliphatic carbocycles. The van der Waals surface area contributed by atoms with Gasteiger partial charge in [-0.25, -0.2) is 0 Å². The molecule has 0 amide bonds. The van der Waals surface area contributed by atoms with Crippen molar-refractivity contribution in [3.05, 3.63) is 24.3 Å². The van der Waals surface area contributed by atoms with Gasteiger partial charge in [0.15, 0.2) is 0 Å². The zero-order valence-corrected chi connectivity index (χ0v) is 15.4. The van der Waals surface area contributed by atoms with Crippen LogP contribution in [0.15, 0.2) is 24.3 Å². The Balaban J connectivity index is 1.58. The minimum atomic E-state index is 0.161. The van der Waals surface area contributed by atoms with E-state index in [2.05, 4.69) is 18.7 Å². The van der Waals surface area contributed by atoms with Gasteiger partial charge < -0.3 is 18.9 Å². The van der Waals surface area contributed by atoms with Gasteiger partial charge in [0.1, 0.15) is 18.1 Å². The van der Waals surface area contributed by atoms with Gasteiger partial charge in [-0.05, 0) is 39.8 Å². The van der Waals surface area contributed by atoms with Gasteiger partial charge in [0.2, 0.25) is 0 Å². The number of rotatable bonds is 9. The van der Waals surface area contributed by atoms with Gasteiger partial charge in [-0.3, -0.25) is 4.90 Å². The van der Waals surface area contributed by atoms with E-state index >= 15 is 0 Å². The van der Waals surface area contributed by atoms with Gasteiger partial charge in [0, 0.05) is 25.7 Å². The van der Waals surface area contributed by atoms with E-state index in [1.807, 2.05) is 38.1 Å². The Hall–Kier alpha value is -1.30. The Kier molecular flexibility index (Phi) is 7.82. The van der Waals surface area contributed by atoms with Crippen LogP contribution in [0.2, 0.25) is 0 Å². The van der Waals surface area contributed by atoms with Crippen LogP contribution in [-0.2, 0) is 9.47 Å². The summed E-state index contributed by atoms with van der Waals surface area (Å²) >= 11 is 0. The molecule has 0 aromatic heterocycles. The van der Waals surface area contributed by atoms with Gasteiger partial charge in [-0.2, -0.15) is 0 Å². The molecule has 0 spiro atoms. The summed E-state index contributed by atoms with van der Waals surface area (Å²) in [5, 5.41) is 0. The smallest absolute Gasteiger partial charge is 0.123 e. The number of benzene rings is 1. The fraction of sp³-hybridized carbons (Fsp3) is 0.684. The second kappa shape index (κ2) is 9.87. The molecule has 1 aliphatic heterocycles. The summed E-state index contributed by atoms with van der Waals surface area (Å²) < 4.78 is 22.8. The average Bonchev–Trinajstić information content (AvgIpc) is 2.49. The first-order valence-corrected chi connectivity index (χ1v) is 8.88. The van der Waals surface area contributed by atoms with Crippen LogP contribution < -0.4 is 9.47 Å². The second-order valence-corrected chi connectivity index (χ2v) is 6.62. The van der Waals surface area contributed by atoms with Crippen molar-refractivity contribution in [1.82, 2.24) is 4.90 Å². The third-order valence-corrected chi connectivity index (χ3v) is 3.72. The van der Waals surface area contributed by atoms with Crippen molar-refractivity contribution in [2.45, 2.75) is 46.0 Å². The maximum absolute atomic E-state index is 5.73. The predicted molar refractivity (Wildman–Crippen MR) is 95.0 cm³/mol. The Morgan fingerprint density at radius 2 is 1.79 bits per heavy atom. The molecule has 1 heterocycles. The van der Waals surface area contributed by atoms with Crippen molar-refractivity contribution < 1.29 is 18.9 Å². The first kappa shape index (κ1) is 19.0. The van der Waals surface area contributed by atoms with Gasteiger partial charge in [-0.15, -0.1) is 0 Å². The van der Waals surface area contributed by atoms with Gasteiger partial charge in [0.05, 0.1) is 31.5 Å². The van der Waals surface area contributed by atoms with Crippen LogP contribution in [0.5, 0.6) is 11.5 Å². The topological polar surface area (TPSA) is 40.2 Å². The Bertz CT molecular complexity index is 470. The molecule has 1 saturated heterocycles. The highest BCUT2D eigenvalue weighted by Gasteiger charge is 2.21. The van der Waals surface area contributed by atoms with E-state index in [1.165, 1.54) is 0 Å². The van der Waals surface area contributed by atoms with Gasteiger partial charge >= 0.3 is 0 Å². The fourth-order valence-corrected chi connectivity index (χ4v) is 2.89. The van der Waals surface area contributed by atoms with Crippen LogP contribution >= 0.6 is 0 Å². The maximum Gasteiger partial charge on any atom is 0.123 e. The standard InChI is InChI=1S/C19H31NO4/c1-15(2)23-19-7-5-6-18(12-19)22-11-10-21-9-8-20-13-16(3)24-17(4)14-20/h5-7,12,15-17H,8-11,13-14H2,1-4H3/t16-,17-/m1/s1. The predicted octanol–water partition coefficient (Wildman–Crippen LogP) is 2.98. The minimum absolute atomic E-state index is 0.161. The van der Waals surface area contributed by atoms with E-state index in [0.29, 0.717) is 25.4 Å². The molecule has 1 aliphatic rings. The highest BCUT2D eigenvalue weighted by Crippen LogP contribution is 2.20. The molecule has 0 unspecified atom stereocenters. The second-order valence-electron chi connectivity index (χ2n) is 6.62. The SMILES string of the molecule is CC(C)Oc1cccc(OCCOCCN2C[C@@H](C)O[C@H](C)C2)c1. The molecule has 0 radical (unpaired) electrons. The van der Waals surface area contributed by atoms with Crippen LogP contribution in [0, 0.1) is 0 Å². The number of morpholine rings is 1. The lowest BCUT2D eigenvalue weighted by atomic mass is 10.2. The number of nitrogens with zero attached hydrogens (tertiary/aromatic N) is 1. The first-order chi connectivity index (χ1) is 11.5. The Morgan fingerprint density at radius 3 is 2.50 bits per heavy atom. The summed E-state index contributed by atoms with van der Waals surface area (Å²) in [7, 11) is 0. The molecule has 24 heavy (non-hydrogen) atoms. The quantitative estimate of drug-likeness (QED) is 0.648. The van der Waals surface area contributed by atoms with Crippen LogP contribution in [0.4, 0.5) is 0 Å². The van der Waals surface area contributed by atoms with E-state index in [4.69, 9.17) is 18.9 Å². The largest absolute Gasteiger partial charge is 0.491 e. The van der Waals surface area contributed by atoms with E-state index in [0.717, 1.165) is 37.7 Å². The maximum atomic E-state index is 5.73. The molecule has 0 saturated carbocycles. The molecule has 2 rings (SSSR count). The van der Waals surface area contributed by atoms with Crippen LogP contribution in [0.25, 0.3) is 0 Å². The molecular weight excluding hydrogens is 306 g/mol. The molecule has 0 N–H and O–H groups in total. The Labute approximate surface area is 145 Å². The van der Waals surface area contributed by atoms with Crippen molar-refractivity contribution in [2.75, 3.05) is 39.5 Å². The van der Waals surface area contributed by atoms with E-state index < -0.39 is 0 Å². The summed E-state index contributed by atoms with van der Waals surface area (Å²) in [5.41, 5.74) is 0. The number of ether oxygens (including phenoxy) is 4. The molecule has 5 nitrogen and oxygen atoms in total. The third-order valence-electron chi connectivity index (χ3n) is 3.72. The Morgan fingerprint density at radius 1 is 1.08 bits per heavy atom. The number of hydrogen-bond acceptors (Lipinski definition) is 5. The number of hydrogen-bond donors (Lipinski definition) is 0. The molecule has 5 heteroatoms. The monoisotopic (exact) mass is 337 g/mol. The van der Waals surface area contributed by atoms with Crippen molar-refractivity contribution in [1.29, 1.82) is 0 Å². The normalized spacial score (nSPS) is 21.9. The summed E-state index contributed by atoms with van der Waals surface area (Å²) in [6.07, 6.45) is 0.768. The first-order valence-electron chi connectivity index (χ1n) is 8.88. The van der Waals surface area contributed by atoms with Crippen LogP contribution in [0.3, 0.4) is 0 Å². The summed E-state index contributed by atoms with van der Waals surface area (Å²) in [6, 6.07) is 7.72. The van der Waals surface area contributed by atoms with Crippen molar-refractivity contribution in [3.63, 3.8) is 0 Å². The molecule has 1 aromatic carbocycles. The molecule has 0 bridgehead atoms. The zero-order valence-electron chi connectivity index (χ0n) is 15.4. The average molecular weight is 337 g/mol. The van der Waals surface area contributed by atoms with Gasteiger partial charge in [0.25, 0.3) is 0 Å². The minimum Gasteiger partial charge on any atom is -0.491 e. The van der Waals surface area contributed by atoms with Crippen molar-refractivity contribution >= 4 is 0 Å². The molecular formula is C19H31NO4. The summed E-state index contributed by atoms with van der Waals surface area (Å²) in [5.74, 6) is 1.64. The van der Waals surface area contributed by atoms with Crippen molar-refractivity contribution in [2.24, 2.45) is 0 Å². The molecule has 2 atom stereocenters. The lowest BCUT2D eigenvalue weighted by Crippen LogP contribution is -2.46. The lowest BCUT2D eigenvalue weighted by molar-refractivity contribution is -0.0734. The summed E-state index contributed by atoms with van der Waals surface area (Å²) in [4.78, 5) is 2.40. The van der Waals surface area contributed by atoms with Crippen LogP contribution in [-0.4, -0.2) is 62.7 Å². The summed E-state index contributed by atoms with van der Waals surface area (Å²) in [6.45, 7) is 13.0. The highest BCUT2D eigenvalue weighted by molar-refractivity contribution is 5.33.